The highest BCUT2D eigenvalue weighted by atomic mass is 16.5. The van der Waals surface area contributed by atoms with Crippen LogP contribution in [-0.2, 0) is 14.3 Å². The Hall–Kier alpha value is -2.37. The topological polar surface area (TPSA) is 75.7 Å². The summed E-state index contributed by atoms with van der Waals surface area (Å²) in [7, 11) is 0. The van der Waals surface area contributed by atoms with Crippen molar-refractivity contribution in [3.63, 3.8) is 0 Å². The molecule has 0 aliphatic carbocycles. The van der Waals surface area contributed by atoms with Crippen LogP contribution >= 0.6 is 0 Å². The summed E-state index contributed by atoms with van der Waals surface area (Å²) in [5.74, 6) is -0.956. The van der Waals surface area contributed by atoms with E-state index in [4.69, 9.17) is 4.74 Å². The number of carbonyl (C=O) groups is 3. The lowest BCUT2D eigenvalue weighted by atomic mass is 10.1. The minimum atomic E-state index is -0.821. The number of piperazine rings is 1. The van der Waals surface area contributed by atoms with Crippen molar-refractivity contribution in [3.8, 4) is 0 Å². The van der Waals surface area contributed by atoms with Crippen molar-refractivity contribution in [2.24, 2.45) is 0 Å². The lowest BCUT2D eigenvalue weighted by Gasteiger charge is -2.34. The van der Waals surface area contributed by atoms with Gasteiger partial charge in [-0.1, -0.05) is 69.6 Å². The Kier molecular flexibility index (Phi) is 10.4. The SMILES string of the molecule is CCCCCCCCCCOC(=O)CC1C(=O)NCCN1C(=O)c1cccc(C)c1. The molecule has 1 aliphatic rings. The van der Waals surface area contributed by atoms with Gasteiger partial charge in [0.15, 0.2) is 0 Å². The van der Waals surface area contributed by atoms with Crippen LogP contribution in [-0.4, -0.2) is 48.4 Å². The fourth-order valence-corrected chi connectivity index (χ4v) is 3.74. The Morgan fingerprint density at radius 2 is 1.80 bits per heavy atom. The molecular weight excluding hydrogens is 380 g/mol. The van der Waals surface area contributed by atoms with Crippen LogP contribution in [0.4, 0.5) is 0 Å². The molecule has 1 atom stereocenters. The van der Waals surface area contributed by atoms with Crippen LogP contribution in [0.15, 0.2) is 24.3 Å². The van der Waals surface area contributed by atoms with E-state index >= 15 is 0 Å². The molecule has 0 spiro atoms. The van der Waals surface area contributed by atoms with Crippen molar-refractivity contribution in [1.29, 1.82) is 0 Å². The number of rotatable bonds is 12. The Morgan fingerprint density at radius 3 is 2.50 bits per heavy atom. The van der Waals surface area contributed by atoms with Crippen LogP contribution < -0.4 is 5.32 Å². The maximum absolute atomic E-state index is 12.9. The van der Waals surface area contributed by atoms with Gasteiger partial charge in [0.25, 0.3) is 5.91 Å². The molecule has 166 valence electrons. The summed E-state index contributed by atoms with van der Waals surface area (Å²) in [5, 5.41) is 2.75. The molecule has 0 saturated carbocycles. The fraction of sp³-hybridized carbons (Fsp3) is 0.625. The van der Waals surface area contributed by atoms with Gasteiger partial charge >= 0.3 is 5.97 Å². The van der Waals surface area contributed by atoms with E-state index in [1.165, 1.54) is 37.0 Å². The molecule has 1 unspecified atom stereocenters. The van der Waals surface area contributed by atoms with E-state index < -0.39 is 12.0 Å². The van der Waals surface area contributed by atoms with E-state index in [2.05, 4.69) is 12.2 Å². The number of amides is 2. The van der Waals surface area contributed by atoms with Gasteiger partial charge in [0.2, 0.25) is 5.91 Å². The highest BCUT2D eigenvalue weighted by molar-refractivity contribution is 5.99. The highest BCUT2D eigenvalue weighted by Gasteiger charge is 2.35. The normalized spacial score (nSPS) is 16.3. The molecule has 1 aromatic rings. The maximum atomic E-state index is 12.9. The summed E-state index contributed by atoms with van der Waals surface area (Å²) in [5.41, 5.74) is 1.51. The van der Waals surface area contributed by atoms with Gasteiger partial charge in [0.05, 0.1) is 13.0 Å². The predicted molar refractivity (Wildman–Crippen MR) is 117 cm³/mol. The van der Waals surface area contributed by atoms with Gasteiger partial charge in [-0.25, -0.2) is 0 Å². The van der Waals surface area contributed by atoms with Crippen molar-refractivity contribution in [3.05, 3.63) is 35.4 Å². The van der Waals surface area contributed by atoms with Crippen LogP contribution in [0.25, 0.3) is 0 Å². The largest absolute Gasteiger partial charge is 0.466 e. The van der Waals surface area contributed by atoms with Crippen molar-refractivity contribution in [2.75, 3.05) is 19.7 Å². The number of hydrogen-bond donors (Lipinski definition) is 1. The third kappa shape index (κ3) is 7.81. The van der Waals surface area contributed by atoms with Gasteiger partial charge < -0.3 is 15.0 Å². The number of nitrogens with zero attached hydrogens (tertiary/aromatic N) is 1. The Bertz CT molecular complexity index is 704. The quantitative estimate of drug-likeness (QED) is 0.413. The van der Waals surface area contributed by atoms with Crippen molar-refractivity contribution < 1.29 is 19.1 Å². The van der Waals surface area contributed by atoms with Crippen molar-refractivity contribution in [2.45, 2.75) is 77.7 Å². The van der Waals surface area contributed by atoms with Gasteiger partial charge in [-0.05, 0) is 25.5 Å². The predicted octanol–water partition coefficient (Wildman–Crippen LogP) is 4.01. The van der Waals surface area contributed by atoms with E-state index in [9.17, 15) is 14.4 Å². The monoisotopic (exact) mass is 416 g/mol. The van der Waals surface area contributed by atoms with E-state index in [0.29, 0.717) is 25.3 Å². The summed E-state index contributed by atoms with van der Waals surface area (Å²) < 4.78 is 5.33. The molecule has 2 amide bonds. The average molecular weight is 417 g/mol. The summed E-state index contributed by atoms with van der Waals surface area (Å²) in [6.07, 6.45) is 9.28. The zero-order valence-electron chi connectivity index (χ0n) is 18.5. The van der Waals surface area contributed by atoms with Gasteiger partial charge in [-0.2, -0.15) is 0 Å². The smallest absolute Gasteiger partial charge is 0.308 e. The first-order valence-electron chi connectivity index (χ1n) is 11.3. The van der Waals surface area contributed by atoms with Crippen LogP contribution in [0.5, 0.6) is 0 Å². The van der Waals surface area contributed by atoms with Crippen LogP contribution in [0, 0.1) is 6.92 Å². The van der Waals surface area contributed by atoms with E-state index in [1.807, 2.05) is 19.1 Å². The molecule has 30 heavy (non-hydrogen) atoms. The molecule has 0 bridgehead atoms. The van der Waals surface area contributed by atoms with Gasteiger partial charge in [0.1, 0.15) is 6.04 Å². The van der Waals surface area contributed by atoms with Gasteiger partial charge in [-0.15, -0.1) is 0 Å². The van der Waals surface area contributed by atoms with Crippen molar-refractivity contribution in [1.82, 2.24) is 10.2 Å². The first kappa shape index (κ1) is 23.9. The third-order valence-electron chi connectivity index (χ3n) is 5.48. The molecule has 1 fully saturated rings. The number of unbranched alkanes of at least 4 members (excludes halogenated alkanes) is 7. The Balaban J connectivity index is 1.77. The second kappa shape index (κ2) is 13.0. The molecule has 2 rings (SSSR count). The summed E-state index contributed by atoms with van der Waals surface area (Å²) in [6, 6.07) is 6.45. The van der Waals surface area contributed by atoms with E-state index in [-0.39, 0.29) is 18.2 Å². The van der Waals surface area contributed by atoms with E-state index in [1.54, 1.807) is 12.1 Å². The fourth-order valence-electron chi connectivity index (χ4n) is 3.74. The number of carbonyl (C=O) groups excluding carboxylic acids is 3. The number of benzene rings is 1. The second-order valence-electron chi connectivity index (χ2n) is 8.07. The number of ether oxygens (including phenoxy) is 1. The minimum absolute atomic E-state index is 0.111. The van der Waals surface area contributed by atoms with Gasteiger partial charge in [0, 0.05) is 18.7 Å². The van der Waals surface area contributed by atoms with E-state index in [0.717, 1.165) is 24.8 Å². The molecule has 6 heteroatoms. The standard InChI is InChI=1S/C24H36N2O4/c1-3-4-5-6-7-8-9-10-16-30-22(27)18-21-23(28)25-14-15-26(21)24(29)20-13-11-12-19(2)17-20/h11-13,17,21H,3-10,14-16,18H2,1-2H3,(H,25,28). The molecule has 6 nitrogen and oxygen atoms in total. The zero-order valence-corrected chi connectivity index (χ0v) is 18.5. The molecule has 1 N–H and O–H groups in total. The van der Waals surface area contributed by atoms with Gasteiger partial charge in [-0.3, -0.25) is 14.4 Å². The number of aryl methyl sites for hydroxylation is 1. The molecule has 1 saturated heterocycles. The average Bonchev–Trinajstić information content (AvgIpc) is 2.73. The number of esters is 1. The summed E-state index contributed by atoms with van der Waals surface area (Å²) >= 11 is 0. The minimum Gasteiger partial charge on any atom is -0.466 e. The molecular formula is C24H36N2O4. The maximum Gasteiger partial charge on any atom is 0.308 e. The number of nitrogens with one attached hydrogen (secondary N) is 1. The molecule has 1 heterocycles. The second-order valence-corrected chi connectivity index (χ2v) is 8.07. The van der Waals surface area contributed by atoms with Crippen LogP contribution in [0.2, 0.25) is 0 Å². The summed E-state index contributed by atoms with van der Waals surface area (Å²) in [6.45, 7) is 5.27. The highest BCUT2D eigenvalue weighted by Crippen LogP contribution is 2.16. The Labute approximate surface area is 180 Å². The summed E-state index contributed by atoms with van der Waals surface area (Å²) in [4.78, 5) is 39.0. The Morgan fingerprint density at radius 1 is 1.10 bits per heavy atom. The third-order valence-corrected chi connectivity index (χ3v) is 5.48. The lowest BCUT2D eigenvalue weighted by molar-refractivity contribution is -0.147. The van der Waals surface area contributed by atoms with Crippen LogP contribution in [0.3, 0.4) is 0 Å². The zero-order chi connectivity index (χ0) is 21.8. The number of hydrogen-bond acceptors (Lipinski definition) is 4. The molecule has 0 aromatic heterocycles. The lowest BCUT2D eigenvalue weighted by Crippen LogP contribution is -2.57. The first-order chi connectivity index (χ1) is 14.5. The molecule has 1 aromatic carbocycles. The molecule has 0 radical (unpaired) electrons. The van der Waals surface area contributed by atoms with Crippen LogP contribution in [0.1, 0.15) is 80.6 Å². The molecule has 1 aliphatic heterocycles. The first-order valence-corrected chi connectivity index (χ1v) is 11.3. The van der Waals surface area contributed by atoms with Crippen molar-refractivity contribution >= 4 is 17.8 Å².